The Morgan fingerprint density at radius 3 is 2.53 bits per heavy atom. The molecule has 9 nitrogen and oxygen atoms in total. The van der Waals surface area contributed by atoms with E-state index in [4.69, 9.17) is 5.10 Å². The smallest absolute Gasteiger partial charge is 0.270 e. The minimum atomic E-state index is -3.62. The molecule has 1 aliphatic carbocycles. The van der Waals surface area contributed by atoms with Crippen molar-refractivity contribution in [1.29, 1.82) is 0 Å². The first-order valence-corrected chi connectivity index (χ1v) is 14.2. The van der Waals surface area contributed by atoms with Crippen molar-refractivity contribution in [2.45, 2.75) is 25.2 Å². The number of nitrogens with one attached hydrogen (secondary N) is 2. The molecule has 11 heteroatoms. The Balaban J connectivity index is 1.83. The molecule has 2 N–H and O–H groups in total. The number of aromatic nitrogens is 2. The third-order valence-electron chi connectivity index (χ3n) is 6.04. The topological polar surface area (TPSA) is 113 Å². The standard InChI is InChI=1S/C25H28BrN5O4S/c1-4-23(32)28-12-5-13-30(36(3,34)35)22-15-21-20(14-19(22)16-6-7-16)24(25(33)27-2)31(29-21)18-10-8-17(26)9-11-18/h4,8-11,14-16H,1,5-7,12-13H2,2-3H3,(H,27,33)(H,28,32). The minimum absolute atomic E-state index is 0.192. The third-order valence-corrected chi connectivity index (χ3v) is 7.75. The van der Waals surface area contributed by atoms with Crippen LogP contribution in [0.3, 0.4) is 0 Å². The SMILES string of the molecule is C=CC(=O)NCCCN(c1cc2nn(-c3ccc(Br)cc3)c(C(=O)NC)c2cc1C1CC1)S(C)(=O)=O. The van der Waals surface area contributed by atoms with E-state index in [-0.39, 0.29) is 24.3 Å². The van der Waals surface area contributed by atoms with Crippen LogP contribution in [-0.4, -0.2) is 56.4 Å². The first-order valence-electron chi connectivity index (χ1n) is 11.6. The number of carbonyl (C=O) groups is 2. The van der Waals surface area contributed by atoms with Crippen molar-refractivity contribution in [2.24, 2.45) is 0 Å². The Kier molecular flexibility index (Phi) is 7.51. The molecule has 2 amide bonds. The first kappa shape index (κ1) is 25.9. The highest BCUT2D eigenvalue weighted by atomic mass is 79.9. The van der Waals surface area contributed by atoms with E-state index < -0.39 is 10.0 Å². The van der Waals surface area contributed by atoms with Gasteiger partial charge in [0.05, 0.1) is 23.1 Å². The van der Waals surface area contributed by atoms with Gasteiger partial charge in [-0.2, -0.15) is 5.10 Å². The lowest BCUT2D eigenvalue weighted by Gasteiger charge is -2.25. The molecule has 36 heavy (non-hydrogen) atoms. The van der Waals surface area contributed by atoms with Gasteiger partial charge >= 0.3 is 0 Å². The summed E-state index contributed by atoms with van der Waals surface area (Å²) < 4.78 is 29.6. The number of anilines is 1. The summed E-state index contributed by atoms with van der Waals surface area (Å²) in [5.74, 6) is -0.378. The lowest BCUT2D eigenvalue weighted by molar-refractivity contribution is -0.116. The molecule has 0 bridgehead atoms. The molecular weight excluding hydrogens is 546 g/mol. The van der Waals surface area contributed by atoms with E-state index >= 15 is 0 Å². The van der Waals surface area contributed by atoms with Crippen molar-refractivity contribution in [3.05, 3.63) is 64.8 Å². The minimum Gasteiger partial charge on any atom is -0.354 e. The highest BCUT2D eigenvalue weighted by molar-refractivity contribution is 9.10. The van der Waals surface area contributed by atoms with Gasteiger partial charge in [-0.3, -0.25) is 13.9 Å². The lowest BCUT2D eigenvalue weighted by Crippen LogP contribution is -2.34. The van der Waals surface area contributed by atoms with Crippen LogP contribution in [0.25, 0.3) is 16.6 Å². The van der Waals surface area contributed by atoms with Gasteiger partial charge in [-0.25, -0.2) is 13.1 Å². The van der Waals surface area contributed by atoms with Gasteiger partial charge in [-0.15, -0.1) is 0 Å². The average Bonchev–Trinajstić information content (AvgIpc) is 3.62. The Labute approximate surface area is 218 Å². The van der Waals surface area contributed by atoms with Crippen LogP contribution in [-0.2, 0) is 14.8 Å². The summed E-state index contributed by atoms with van der Waals surface area (Å²) in [4.78, 5) is 24.4. The fourth-order valence-corrected chi connectivity index (χ4v) is 5.39. The van der Waals surface area contributed by atoms with Crippen LogP contribution in [0.15, 0.2) is 53.5 Å². The number of hydrogen-bond acceptors (Lipinski definition) is 5. The fraction of sp³-hybridized carbons (Fsp3) is 0.320. The van der Waals surface area contributed by atoms with E-state index in [1.807, 2.05) is 30.3 Å². The Morgan fingerprint density at radius 1 is 1.25 bits per heavy atom. The van der Waals surface area contributed by atoms with Crippen molar-refractivity contribution < 1.29 is 18.0 Å². The average molecular weight is 575 g/mol. The molecule has 1 fully saturated rings. The molecule has 0 radical (unpaired) electrons. The Bertz CT molecular complexity index is 1430. The second-order valence-corrected chi connectivity index (χ2v) is 11.5. The predicted octanol–water partition coefficient (Wildman–Crippen LogP) is 3.48. The summed E-state index contributed by atoms with van der Waals surface area (Å²) in [5, 5.41) is 10.7. The van der Waals surface area contributed by atoms with Gasteiger partial charge < -0.3 is 10.6 Å². The zero-order chi connectivity index (χ0) is 26.0. The third kappa shape index (κ3) is 5.46. The molecule has 1 saturated carbocycles. The number of carbonyl (C=O) groups excluding carboxylic acids is 2. The fourth-order valence-electron chi connectivity index (χ4n) is 4.15. The maximum absolute atomic E-state index is 12.9. The van der Waals surface area contributed by atoms with Crippen molar-refractivity contribution in [1.82, 2.24) is 20.4 Å². The second kappa shape index (κ2) is 10.4. The molecule has 190 valence electrons. The number of fused-ring (bicyclic) bond motifs is 1. The predicted molar refractivity (Wildman–Crippen MR) is 144 cm³/mol. The molecule has 1 aliphatic rings. The van der Waals surface area contributed by atoms with E-state index in [1.165, 1.54) is 16.6 Å². The maximum atomic E-state index is 12.9. The number of amides is 2. The highest BCUT2D eigenvalue weighted by Gasteiger charge is 2.32. The van der Waals surface area contributed by atoms with Crippen LogP contribution < -0.4 is 14.9 Å². The zero-order valence-corrected chi connectivity index (χ0v) is 22.5. The molecule has 4 rings (SSSR count). The number of hydrogen-bond donors (Lipinski definition) is 2. The summed E-state index contributed by atoms with van der Waals surface area (Å²) in [6.45, 7) is 3.93. The number of halogens is 1. The van der Waals surface area contributed by atoms with Crippen LogP contribution in [0, 0.1) is 0 Å². The van der Waals surface area contributed by atoms with Gasteiger partial charge in [0, 0.05) is 30.0 Å². The first-order chi connectivity index (χ1) is 17.1. The molecule has 1 aromatic heterocycles. The van der Waals surface area contributed by atoms with Gasteiger partial charge in [-0.1, -0.05) is 22.5 Å². The van der Waals surface area contributed by atoms with Crippen LogP contribution >= 0.6 is 15.9 Å². The van der Waals surface area contributed by atoms with Gasteiger partial charge in [0.1, 0.15) is 5.69 Å². The lowest BCUT2D eigenvalue weighted by atomic mass is 10.0. The maximum Gasteiger partial charge on any atom is 0.270 e. The molecule has 0 aliphatic heterocycles. The van der Waals surface area contributed by atoms with Crippen molar-refractivity contribution >= 4 is 54.4 Å². The van der Waals surface area contributed by atoms with Crippen molar-refractivity contribution in [3.63, 3.8) is 0 Å². The van der Waals surface area contributed by atoms with E-state index in [9.17, 15) is 18.0 Å². The normalized spacial score (nSPS) is 13.4. The molecule has 3 aromatic rings. The van der Waals surface area contributed by atoms with Gasteiger partial charge in [0.2, 0.25) is 15.9 Å². The summed E-state index contributed by atoms with van der Waals surface area (Å²) >= 11 is 3.43. The number of rotatable bonds is 10. The van der Waals surface area contributed by atoms with Crippen molar-refractivity contribution in [3.8, 4) is 5.69 Å². The summed E-state index contributed by atoms with van der Waals surface area (Å²) in [6.07, 6.45) is 4.67. The van der Waals surface area contributed by atoms with Crippen molar-refractivity contribution in [2.75, 3.05) is 30.7 Å². The molecule has 0 unspecified atom stereocenters. The Morgan fingerprint density at radius 2 is 1.94 bits per heavy atom. The number of nitrogens with zero attached hydrogens (tertiary/aromatic N) is 3. The van der Waals surface area contributed by atoms with E-state index in [1.54, 1.807) is 17.8 Å². The monoisotopic (exact) mass is 573 g/mol. The van der Waals surface area contributed by atoms with Crippen LogP contribution in [0.2, 0.25) is 0 Å². The van der Waals surface area contributed by atoms with Crippen LogP contribution in [0.1, 0.15) is 41.2 Å². The van der Waals surface area contributed by atoms with E-state index in [2.05, 4.69) is 33.1 Å². The molecular formula is C25H28BrN5O4S. The van der Waals surface area contributed by atoms with Gasteiger partial charge in [0.25, 0.3) is 5.91 Å². The van der Waals surface area contributed by atoms with Gasteiger partial charge in [-0.05, 0) is 73.2 Å². The molecule has 1 heterocycles. The highest BCUT2D eigenvalue weighted by Crippen LogP contribution is 2.46. The largest absolute Gasteiger partial charge is 0.354 e. The van der Waals surface area contributed by atoms with E-state index in [0.29, 0.717) is 40.9 Å². The summed E-state index contributed by atoms with van der Waals surface area (Å²) in [5.41, 5.74) is 3.06. The quantitative estimate of drug-likeness (QED) is 0.285. The summed E-state index contributed by atoms with van der Waals surface area (Å²) in [6, 6.07) is 11.1. The molecule has 0 spiro atoms. The summed E-state index contributed by atoms with van der Waals surface area (Å²) in [7, 11) is -2.05. The molecule has 0 atom stereocenters. The van der Waals surface area contributed by atoms with Gasteiger partial charge in [0.15, 0.2) is 0 Å². The number of benzene rings is 2. The van der Waals surface area contributed by atoms with Crippen LogP contribution in [0.4, 0.5) is 5.69 Å². The second-order valence-electron chi connectivity index (χ2n) is 8.70. The zero-order valence-electron chi connectivity index (χ0n) is 20.1. The Hall–Kier alpha value is -3.18. The van der Waals surface area contributed by atoms with Crippen LogP contribution in [0.5, 0.6) is 0 Å². The van der Waals surface area contributed by atoms with E-state index in [0.717, 1.165) is 22.9 Å². The molecule has 0 saturated heterocycles. The molecule has 2 aromatic carbocycles. The number of sulfonamides is 1.